The minimum Gasteiger partial charge on any atom is -0.495 e. The first kappa shape index (κ1) is 20.0. The number of methoxy groups -OCH3 is 1. The third kappa shape index (κ3) is 4.02. The van der Waals surface area contributed by atoms with Gasteiger partial charge in [-0.05, 0) is 48.0 Å². The summed E-state index contributed by atoms with van der Waals surface area (Å²) in [5.74, 6) is 0.178. The highest BCUT2D eigenvalue weighted by molar-refractivity contribution is 8.00. The second kappa shape index (κ2) is 8.59. The average molecular weight is 422 g/mol. The Hall–Kier alpha value is -3.32. The van der Waals surface area contributed by atoms with Gasteiger partial charge in [0, 0.05) is 11.3 Å². The molecule has 1 aliphatic rings. The molecule has 2 amide bonds. The molecule has 1 saturated heterocycles. The Morgan fingerprint density at radius 1 is 1.10 bits per heavy atom. The lowest BCUT2D eigenvalue weighted by atomic mass is 10.1. The van der Waals surface area contributed by atoms with Gasteiger partial charge in [-0.2, -0.15) is 0 Å². The van der Waals surface area contributed by atoms with Gasteiger partial charge in [-0.25, -0.2) is 4.39 Å². The number of hydrogen-bond donors (Lipinski definition) is 1. The monoisotopic (exact) mass is 422 g/mol. The molecule has 152 valence electrons. The first-order valence-corrected chi connectivity index (χ1v) is 10.4. The van der Waals surface area contributed by atoms with Crippen molar-refractivity contribution in [2.24, 2.45) is 0 Å². The molecule has 1 fully saturated rings. The van der Waals surface area contributed by atoms with Crippen molar-refractivity contribution in [2.45, 2.75) is 5.37 Å². The Morgan fingerprint density at radius 3 is 2.60 bits per heavy atom. The van der Waals surface area contributed by atoms with Crippen molar-refractivity contribution in [3.63, 3.8) is 0 Å². The highest BCUT2D eigenvalue weighted by Gasteiger charge is 2.35. The van der Waals surface area contributed by atoms with Gasteiger partial charge in [0.15, 0.2) is 0 Å². The number of amides is 2. The molecule has 7 heteroatoms. The molecule has 3 aromatic rings. The molecule has 5 nitrogen and oxygen atoms in total. The molecule has 0 bridgehead atoms. The van der Waals surface area contributed by atoms with Crippen LogP contribution in [0.5, 0.6) is 5.75 Å². The number of carbonyl (C=O) groups excluding carboxylic acids is 2. The van der Waals surface area contributed by atoms with Gasteiger partial charge in [-0.15, -0.1) is 11.8 Å². The van der Waals surface area contributed by atoms with Gasteiger partial charge < -0.3 is 10.1 Å². The number of para-hydroxylation sites is 2. The molecular weight excluding hydrogens is 403 g/mol. The molecule has 0 radical (unpaired) electrons. The summed E-state index contributed by atoms with van der Waals surface area (Å²) in [6.07, 6.45) is 0. The van der Waals surface area contributed by atoms with E-state index in [4.69, 9.17) is 4.74 Å². The Kier molecular flexibility index (Phi) is 5.72. The number of thioether (sulfide) groups is 1. The molecule has 1 aliphatic heterocycles. The zero-order valence-corrected chi connectivity index (χ0v) is 17.0. The van der Waals surface area contributed by atoms with E-state index in [1.807, 2.05) is 36.4 Å². The van der Waals surface area contributed by atoms with Crippen LogP contribution in [0.25, 0.3) is 0 Å². The van der Waals surface area contributed by atoms with Gasteiger partial charge in [0.2, 0.25) is 5.91 Å². The van der Waals surface area contributed by atoms with E-state index in [9.17, 15) is 14.0 Å². The molecule has 0 spiro atoms. The second-order valence-corrected chi connectivity index (χ2v) is 7.75. The second-order valence-electron chi connectivity index (χ2n) is 6.69. The standard InChI is InChI=1S/C23H19FN2O3S/c1-29-20-8-3-2-7-19(20)26-21(27)14-30-23(26)15-9-11-18(12-10-15)25-22(28)16-5-4-6-17(24)13-16/h2-13,23H,14H2,1H3,(H,25,28). The number of nitrogens with zero attached hydrogens (tertiary/aromatic N) is 1. The van der Waals surface area contributed by atoms with Gasteiger partial charge in [-0.3, -0.25) is 14.5 Å². The van der Waals surface area contributed by atoms with Crippen LogP contribution in [0.2, 0.25) is 0 Å². The summed E-state index contributed by atoms with van der Waals surface area (Å²) in [5, 5.41) is 2.57. The number of hydrogen-bond acceptors (Lipinski definition) is 4. The Bertz CT molecular complexity index is 1090. The Balaban J connectivity index is 1.54. The quantitative estimate of drug-likeness (QED) is 0.638. The van der Waals surface area contributed by atoms with Crippen molar-refractivity contribution in [1.82, 2.24) is 0 Å². The fourth-order valence-corrected chi connectivity index (χ4v) is 4.49. The molecular formula is C23H19FN2O3S. The Morgan fingerprint density at radius 2 is 1.87 bits per heavy atom. The SMILES string of the molecule is COc1ccccc1N1C(=O)CSC1c1ccc(NC(=O)c2cccc(F)c2)cc1. The van der Waals surface area contributed by atoms with E-state index >= 15 is 0 Å². The van der Waals surface area contributed by atoms with Crippen molar-refractivity contribution in [1.29, 1.82) is 0 Å². The summed E-state index contributed by atoms with van der Waals surface area (Å²) < 4.78 is 18.8. The van der Waals surface area contributed by atoms with E-state index in [0.29, 0.717) is 17.2 Å². The van der Waals surface area contributed by atoms with Crippen molar-refractivity contribution >= 4 is 35.0 Å². The molecule has 1 atom stereocenters. The summed E-state index contributed by atoms with van der Waals surface area (Å²) in [5.41, 5.74) is 2.49. The summed E-state index contributed by atoms with van der Waals surface area (Å²) in [7, 11) is 1.58. The Labute approximate surface area is 177 Å². The zero-order valence-electron chi connectivity index (χ0n) is 16.2. The van der Waals surface area contributed by atoms with E-state index in [1.54, 1.807) is 30.2 Å². The van der Waals surface area contributed by atoms with Crippen molar-refractivity contribution < 1.29 is 18.7 Å². The van der Waals surface area contributed by atoms with Crippen LogP contribution in [-0.2, 0) is 4.79 Å². The normalized spacial score (nSPS) is 15.9. The maximum Gasteiger partial charge on any atom is 0.255 e. The lowest BCUT2D eigenvalue weighted by molar-refractivity contribution is -0.115. The van der Waals surface area contributed by atoms with Gasteiger partial charge >= 0.3 is 0 Å². The van der Waals surface area contributed by atoms with Gasteiger partial charge in [0.05, 0.1) is 18.6 Å². The van der Waals surface area contributed by atoms with Crippen LogP contribution < -0.4 is 15.0 Å². The molecule has 3 aromatic carbocycles. The highest BCUT2D eigenvalue weighted by atomic mass is 32.2. The van der Waals surface area contributed by atoms with E-state index in [-0.39, 0.29) is 22.8 Å². The number of nitrogens with one attached hydrogen (secondary N) is 1. The molecule has 0 aromatic heterocycles. The number of benzene rings is 3. The van der Waals surface area contributed by atoms with Crippen molar-refractivity contribution in [3.8, 4) is 5.75 Å². The lowest BCUT2D eigenvalue weighted by Gasteiger charge is -2.26. The minimum absolute atomic E-state index is 0.0120. The van der Waals surface area contributed by atoms with Crippen molar-refractivity contribution in [3.05, 3.63) is 89.7 Å². The average Bonchev–Trinajstić information content (AvgIpc) is 3.15. The topological polar surface area (TPSA) is 58.6 Å². The molecule has 30 heavy (non-hydrogen) atoms. The molecule has 4 rings (SSSR count). The molecule has 1 N–H and O–H groups in total. The first-order chi connectivity index (χ1) is 14.6. The summed E-state index contributed by atoms with van der Waals surface area (Å²) in [6, 6.07) is 20.3. The maximum atomic E-state index is 13.3. The summed E-state index contributed by atoms with van der Waals surface area (Å²) in [4.78, 5) is 26.6. The maximum absolute atomic E-state index is 13.3. The number of anilines is 2. The van der Waals surface area contributed by atoms with E-state index in [1.165, 1.54) is 30.0 Å². The van der Waals surface area contributed by atoms with Crippen LogP contribution in [0, 0.1) is 5.82 Å². The largest absolute Gasteiger partial charge is 0.495 e. The van der Waals surface area contributed by atoms with Crippen LogP contribution in [0.15, 0.2) is 72.8 Å². The molecule has 1 unspecified atom stereocenters. The molecule has 0 aliphatic carbocycles. The van der Waals surface area contributed by atoms with Crippen LogP contribution in [0.3, 0.4) is 0 Å². The van der Waals surface area contributed by atoms with Crippen LogP contribution >= 0.6 is 11.8 Å². The van der Waals surface area contributed by atoms with Gasteiger partial charge in [0.1, 0.15) is 16.9 Å². The number of carbonyl (C=O) groups is 2. The predicted molar refractivity (Wildman–Crippen MR) is 116 cm³/mol. The van der Waals surface area contributed by atoms with Crippen LogP contribution in [0.4, 0.5) is 15.8 Å². The van der Waals surface area contributed by atoms with Gasteiger partial charge in [0.25, 0.3) is 5.91 Å². The highest BCUT2D eigenvalue weighted by Crippen LogP contribution is 2.44. The first-order valence-electron chi connectivity index (χ1n) is 9.30. The van der Waals surface area contributed by atoms with E-state index < -0.39 is 5.82 Å². The van der Waals surface area contributed by atoms with E-state index in [2.05, 4.69) is 5.32 Å². The van der Waals surface area contributed by atoms with Gasteiger partial charge in [-0.1, -0.05) is 30.3 Å². The number of ether oxygens (including phenoxy) is 1. The van der Waals surface area contributed by atoms with Crippen molar-refractivity contribution in [2.75, 3.05) is 23.1 Å². The minimum atomic E-state index is -0.461. The fraction of sp³-hybridized carbons (Fsp3) is 0.130. The van der Waals surface area contributed by atoms with Crippen LogP contribution in [-0.4, -0.2) is 24.7 Å². The molecule has 0 saturated carbocycles. The number of rotatable bonds is 5. The molecule has 1 heterocycles. The smallest absolute Gasteiger partial charge is 0.255 e. The third-order valence-corrected chi connectivity index (χ3v) is 5.97. The number of halogens is 1. The lowest BCUT2D eigenvalue weighted by Crippen LogP contribution is -2.28. The summed E-state index contributed by atoms with van der Waals surface area (Å²) in [6.45, 7) is 0. The zero-order chi connectivity index (χ0) is 21.1. The third-order valence-electron chi connectivity index (χ3n) is 4.75. The summed E-state index contributed by atoms with van der Waals surface area (Å²) >= 11 is 1.54. The van der Waals surface area contributed by atoms with Crippen LogP contribution in [0.1, 0.15) is 21.3 Å². The fourth-order valence-electron chi connectivity index (χ4n) is 3.32. The van der Waals surface area contributed by atoms with E-state index in [0.717, 1.165) is 11.3 Å². The predicted octanol–water partition coefficient (Wildman–Crippen LogP) is 4.87.